The number of amides is 1. The fourth-order valence-corrected chi connectivity index (χ4v) is 2.33. The summed E-state index contributed by atoms with van der Waals surface area (Å²) in [5.74, 6) is 0.784. The molecular formula is C11H20N2O. The van der Waals surface area contributed by atoms with Crippen LogP contribution in [0.15, 0.2) is 0 Å². The monoisotopic (exact) mass is 196 g/mol. The molecule has 3 nitrogen and oxygen atoms in total. The van der Waals surface area contributed by atoms with E-state index in [1.165, 1.54) is 6.42 Å². The average Bonchev–Trinajstić information content (AvgIpc) is 2.50. The lowest BCUT2D eigenvalue weighted by atomic mass is 9.84. The minimum Gasteiger partial charge on any atom is -0.341 e. The van der Waals surface area contributed by atoms with Gasteiger partial charge in [-0.25, -0.2) is 0 Å². The van der Waals surface area contributed by atoms with Gasteiger partial charge in [-0.1, -0.05) is 13.3 Å². The van der Waals surface area contributed by atoms with Crippen LogP contribution in [-0.4, -0.2) is 36.5 Å². The molecule has 0 bridgehead atoms. The summed E-state index contributed by atoms with van der Waals surface area (Å²) in [6.45, 7) is 5.03. The van der Waals surface area contributed by atoms with Crippen LogP contribution < -0.4 is 5.32 Å². The molecule has 1 aliphatic heterocycles. The van der Waals surface area contributed by atoms with Crippen molar-refractivity contribution in [1.82, 2.24) is 10.2 Å². The van der Waals surface area contributed by atoms with E-state index in [2.05, 4.69) is 17.1 Å². The van der Waals surface area contributed by atoms with Crippen molar-refractivity contribution < 1.29 is 4.79 Å². The second-order valence-corrected chi connectivity index (χ2v) is 4.46. The SMILES string of the molecule is CCNC1CCN(C(=O)C2CCC2)C1. The first-order valence-corrected chi connectivity index (χ1v) is 5.83. The Labute approximate surface area is 85.8 Å². The van der Waals surface area contributed by atoms with Crippen LogP contribution in [-0.2, 0) is 4.79 Å². The zero-order chi connectivity index (χ0) is 9.97. The Morgan fingerprint density at radius 3 is 2.79 bits per heavy atom. The molecule has 0 aromatic heterocycles. The molecule has 0 spiro atoms. The first-order chi connectivity index (χ1) is 6.81. The fraction of sp³-hybridized carbons (Fsp3) is 0.909. The highest BCUT2D eigenvalue weighted by Crippen LogP contribution is 2.29. The largest absolute Gasteiger partial charge is 0.341 e. The van der Waals surface area contributed by atoms with Crippen LogP contribution in [0.1, 0.15) is 32.6 Å². The van der Waals surface area contributed by atoms with Crippen molar-refractivity contribution in [2.24, 2.45) is 5.92 Å². The molecule has 1 saturated heterocycles. The quantitative estimate of drug-likeness (QED) is 0.730. The molecule has 14 heavy (non-hydrogen) atoms. The van der Waals surface area contributed by atoms with E-state index >= 15 is 0 Å². The lowest BCUT2D eigenvalue weighted by Gasteiger charge is -2.29. The Hall–Kier alpha value is -0.570. The van der Waals surface area contributed by atoms with Gasteiger partial charge in [-0.05, 0) is 25.8 Å². The first-order valence-electron chi connectivity index (χ1n) is 5.83. The Bertz CT molecular complexity index is 213. The molecule has 1 atom stereocenters. The van der Waals surface area contributed by atoms with Crippen molar-refractivity contribution in [3.05, 3.63) is 0 Å². The molecule has 2 aliphatic rings. The van der Waals surface area contributed by atoms with Crippen molar-refractivity contribution in [3.8, 4) is 0 Å². The number of hydrogen-bond acceptors (Lipinski definition) is 2. The third-order valence-corrected chi connectivity index (χ3v) is 3.45. The average molecular weight is 196 g/mol. The number of rotatable bonds is 3. The lowest BCUT2D eigenvalue weighted by molar-refractivity contribution is -0.137. The van der Waals surface area contributed by atoms with Crippen molar-refractivity contribution in [2.45, 2.75) is 38.6 Å². The van der Waals surface area contributed by atoms with E-state index in [-0.39, 0.29) is 0 Å². The van der Waals surface area contributed by atoms with Gasteiger partial charge in [0.15, 0.2) is 0 Å². The maximum atomic E-state index is 11.9. The van der Waals surface area contributed by atoms with Crippen molar-refractivity contribution in [3.63, 3.8) is 0 Å². The molecule has 0 radical (unpaired) electrons. The van der Waals surface area contributed by atoms with Gasteiger partial charge in [0.1, 0.15) is 0 Å². The molecule has 1 aliphatic carbocycles. The number of carbonyl (C=O) groups excluding carboxylic acids is 1. The molecule has 1 unspecified atom stereocenters. The van der Waals surface area contributed by atoms with Crippen LogP contribution >= 0.6 is 0 Å². The normalized spacial score (nSPS) is 27.8. The van der Waals surface area contributed by atoms with Crippen LogP contribution in [0.5, 0.6) is 0 Å². The molecular weight excluding hydrogens is 176 g/mol. The summed E-state index contributed by atoms with van der Waals surface area (Å²) < 4.78 is 0. The Balaban J connectivity index is 1.79. The Kier molecular flexibility index (Phi) is 3.06. The van der Waals surface area contributed by atoms with E-state index in [9.17, 15) is 4.79 Å². The Morgan fingerprint density at radius 2 is 2.21 bits per heavy atom. The predicted molar refractivity (Wildman–Crippen MR) is 56.0 cm³/mol. The molecule has 3 heteroatoms. The fourth-order valence-electron chi connectivity index (χ4n) is 2.33. The second kappa shape index (κ2) is 4.30. The van der Waals surface area contributed by atoms with E-state index in [0.717, 1.165) is 38.9 Å². The summed E-state index contributed by atoms with van der Waals surface area (Å²) in [6.07, 6.45) is 4.63. The molecule has 0 aromatic rings. The van der Waals surface area contributed by atoms with E-state index in [1.54, 1.807) is 0 Å². The van der Waals surface area contributed by atoms with Crippen LogP contribution in [0.25, 0.3) is 0 Å². The second-order valence-electron chi connectivity index (χ2n) is 4.46. The van der Waals surface area contributed by atoms with Gasteiger partial charge >= 0.3 is 0 Å². The van der Waals surface area contributed by atoms with Crippen molar-refractivity contribution >= 4 is 5.91 Å². The topological polar surface area (TPSA) is 32.3 Å². The molecule has 80 valence electrons. The van der Waals surface area contributed by atoms with E-state index in [4.69, 9.17) is 0 Å². The van der Waals surface area contributed by atoms with Gasteiger partial charge in [0.25, 0.3) is 0 Å². The van der Waals surface area contributed by atoms with Crippen LogP contribution in [0.4, 0.5) is 0 Å². The van der Waals surface area contributed by atoms with Crippen LogP contribution in [0.2, 0.25) is 0 Å². The predicted octanol–water partition coefficient (Wildman–Crippen LogP) is 0.997. The number of carbonyl (C=O) groups is 1. The van der Waals surface area contributed by atoms with Crippen LogP contribution in [0, 0.1) is 5.92 Å². The summed E-state index contributed by atoms with van der Waals surface area (Å²) in [4.78, 5) is 13.9. The molecule has 2 rings (SSSR count). The van der Waals surface area contributed by atoms with Gasteiger partial charge in [-0.3, -0.25) is 4.79 Å². The van der Waals surface area contributed by atoms with Crippen molar-refractivity contribution in [1.29, 1.82) is 0 Å². The lowest BCUT2D eigenvalue weighted by Crippen LogP contribution is -2.39. The summed E-state index contributed by atoms with van der Waals surface area (Å²) >= 11 is 0. The van der Waals surface area contributed by atoms with Crippen LogP contribution in [0.3, 0.4) is 0 Å². The number of likely N-dealkylation sites (N-methyl/N-ethyl adjacent to an activating group) is 1. The van der Waals surface area contributed by atoms with E-state index in [1.807, 2.05) is 0 Å². The third-order valence-electron chi connectivity index (χ3n) is 3.45. The minimum absolute atomic E-state index is 0.371. The summed E-state index contributed by atoms with van der Waals surface area (Å²) in [5, 5.41) is 3.41. The van der Waals surface area contributed by atoms with Gasteiger partial charge in [0.05, 0.1) is 0 Å². The van der Waals surface area contributed by atoms with Gasteiger partial charge in [0.2, 0.25) is 5.91 Å². The number of hydrogen-bond donors (Lipinski definition) is 1. The highest BCUT2D eigenvalue weighted by atomic mass is 16.2. The van der Waals surface area contributed by atoms with E-state index in [0.29, 0.717) is 17.9 Å². The molecule has 1 heterocycles. The standard InChI is InChI=1S/C11H20N2O/c1-2-12-10-6-7-13(8-10)11(14)9-4-3-5-9/h9-10,12H,2-8H2,1H3. The smallest absolute Gasteiger partial charge is 0.225 e. The molecule has 2 fully saturated rings. The maximum Gasteiger partial charge on any atom is 0.225 e. The van der Waals surface area contributed by atoms with Gasteiger partial charge in [0, 0.05) is 25.0 Å². The van der Waals surface area contributed by atoms with Crippen molar-refractivity contribution in [2.75, 3.05) is 19.6 Å². The molecule has 1 N–H and O–H groups in total. The van der Waals surface area contributed by atoms with Gasteiger partial charge in [-0.15, -0.1) is 0 Å². The first kappa shape index (κ1) is 9.97. The molecule has 0 aromatic carbocycles. The highest BCUT2D eigenvalue weighted by molar-refractivity contribution is 5.79. The summed E-state index contributed by atoms with van der Waals surface area (Å²) in [7, 11) is 0. The molecule has 1 amide bonds. The Morgan fingerprint density at radius 1 is 1.43 bits per heavy atom. The summed E-state index contributed by atoms with van der Waals surface area (Å²) in [6, 6.07) is 0.545. The zero-order valence-electron chi connectivity index (χ0n) is 8.96. The zero-order valence-corrected chi connectivity index (χ0v) is 8.96. The number of nitrogens with one attached hydrogen (secondary N) is 1. The molecule has 1 saturated carbocycles. The number of likely N-dealkylation sites (tertiary alicyclic amines) is 1. The summed E-state index contributed by atoms with van der Waals surface area (Å²) in [5.41, 5.74) is 0. The van der Waals surface area contributed by atoms with Gasteiger partial charge in [-0.2, -0.15) is 0 Å². The third kappa shape index (κ3) is 1.92. The minimum atomic E-state index is 0.371. The van der Waals surface area contributed by atoms with E-state index < -0.39 is 0 Å². The number of nitrogens with zero attached hydrogens (tertiary/aromatic N) is 1. The van der Waals surface area contributed by atoms with Gasteiger partial charge < -0.3 is 10.2 Å². The maximum absolute atomic E-state index is 11.9. The highest BCUT2D eigenvalue weighted by Gasteiger charge is 2.33.